The molecule has 103 heavy (non-hydrogen) atoms. The first-order valence-corrected chi connectivity index (χ1v) is 44.8. The molecule has 0 N–H and O–H groups in total. The van der Waals surface area contributed by atoms with Crippen molar-refractivity contribution in [2.75, 3.05) is 152 Å². The van der Waals surface area contributed by atoms with Crippen molar-refractivity contribution in [2.24, 2.45) is 47.3 Å². The molecule has 1 saturated carbocycles. The Morgan fingerprint density at radius 2 is 0.718 bits per heavy atom. The van der Waals surface area contributed by atoms with E-state index in [9.17, 15) is 0 Å². The van der Waals surface area contributed by atoms with Crippen LogP contribution in [0.2, 0.25) is 0 Å². The Labute approximate surface area is 652 Å². The molecule has 0 radical (unpaired) electrons. The van der Waals surface area contributed by atoms with Gasteiger partial charge < -0.3 is 38.9 Å². The molecule has 8 fully saturated rings. The molecule has 0 bridgehead atoms. The van der Waals surface area contributed by atoms with Gasteiger partial charge in [0.2, 0.25) is 0 Å². The summed E-state index contributed by atoms with van der Waals surface area (Å²) in [6.45, 7) is 76.1. The molecule has 0 amide bonds. The normalized spacial score (nSPS) is 19.9. The first kappa shape index (κ1) is 110. The van der Waals surface area contributed by atoms with Crippen LogP contribution in [0, 0.1) is 47.3 Å². The van der Waals surface area contributed by atoms with E-state index in [0.717, 1.165) is 79.6 Å². The summed E-state index contributed by atoms with van der Waals surface area (Å²) in [6, 6.07) is 11.8. The minimum Gasteiger partial charge on any atom is -0.385 e. The summed E-state index contributed by atoms with van der Waals surface area (Å²) in [5.41, 5.74) is 1.45. The van der Waals surface area contributed by atoms with Gasteiger partial charge in [-0.25, -0.2) is 0 Å². The van der Waals surface area contributed by atoms with Crippen LogP contribution in [0.3, 0.4) is 0 Å². The summed E-state index contributed by atoms with van der Waals surface area (Å²) in [7, 11) is 5.64. The zero-order chi connectivity index (χ0) is 77.2. The van der Waals surface area contributed by atoms with Crippen molar-refractivity contribution in [2.45, 2.75) is 365 Å². The summed E-state index contributed by atoms with van der Waals surface area (Å²) < 4.78 is 9.47. The fourth-order valence-corrected chi connectivity index (χ4v) is 12.6. The average Bonchev–Trinajstić information content (AvgIpc) is 1.75. The van der Waals surface area contributed by atoms with Crippen molar-refractivity contribution in [1.82, 2.24) is 34.3 Å². The summed E-state index contributed by atoms with van der Waals surface area (Å²) in [5, 5.41) is 0. The van der Waals surface area contributed by atoms with Gasteiger partial charge in [-0.3, -0.25) is 4.90 Å². The lowest BCUT2D eigenvalue weighted by Gasteiger charge is -2.30. The third-order valence-corrected chi connectivity index (χ3v) is 21.3. The van der Waals surface area contributed by atoms with Gasteiger partial charge >= 0.3 is 0 Å². The Balaban J connectivity index is -0.000000342. The lowest BCUT2D eigenvalue weighted by molar-refractivity contribution is 0.184. The first-order valence-electron chi connectivity index (χ1n) is 44.8. The third-order valence-electron chi connectivity index (χ3n) is 21.3. The second kappa shape index (κ2) is 83.1. The standard InChI is InChI=1S/C13H19N.C10H21N.C9H17N.3C9H19N.C7H15N.C5H12O.2C5H12.C4H10O.C4H10.C4H8.CH4/c1-12-7-9-14(10-8-12)11-13-5-3-2-4-6-13;1-3-4-7-11-8-5-10(2)6-9-11;1-8-4-6-10(7-5-8)9-2-3-9;2*1-3-6-10-7-4-9(2)5-8-10;1-3-6-10-7-4-5-9(2)8-10;1-7-3-5-8(2)6-4-7;1-3-4-5-6-2;1-4-5(2)3;1-3-5-4-2;1-3-4-5-2;2*1-3-4-2;/h2-6,12H,7-11H2,1H3;10H,3-9H2,1-2H3;8-9H,2-7H2,1H3;3*9H,3-8H2,1-2H3;7H,3-6H2,1-2H3;3-5H2,1-2H3;5H,4H2,1-3H3;3-5H2,1-2H3;3-4H2,1-2H3;3-4H2,1-2H3;3-4H,1-2H3;1H4/b;;;;;;;;;;;;4-3+;/t;;;;;9-;;;;;;;;/m.....1......../s1. The number of benzene rings is 1. The number of allylic oxidation sites excluding steroid dienone is 2. The predicted molar refractivity (Wildman–Crippen MR) is 471 cm³/mol. The van der Waals surface area contributed by atoms with Gasteiger partial charge in [0.25, 0.3) is 0 Å². The monoisotopic (exact) mass is 1460 g/mol. The minimum absolute atomic E-state index is 0. The highest BCUT2D eigenvalue weighted by atomic mass is 16.5. The number of rotatable bonds is 21. The van der Waals surface area contributed by atoms with Gasteiger partial charge in [0.1, 0.15) is 0 Å². The van der Waals surface area contributed by atoms with Crippen LogP contribution >= 0.6 is 0 Å². The quantitative estimate of drug-likeness (QED) is 0.0884. The van der Waals surface area contributed by atoms with Crippen molar-refractivity contribution >= 4 is 0 Å². The molecule has 0 aromatic heterocycles. The maximum absolute atomic E-state index is 4.78. The molecule has 8 aliphatic rings. The van der Waals surface area contributed by atoms with Crippen LogP contribution in [0.25, 0.3) is 0 Å². The number of nitrogens with zero attached hydrogens (tertiary/aromatic N) is 7. The maximum Gasteiger partial charge on any atom is 0.0462 e. The zero-order valence-electron chi connectivity index (χ0n) is 74.7. The SMILES string of the molecule is C.C/C=C/C.CC1CCN(C)CC1.CC1CCN(C2CC2)CC1.CC1CCN(Cc2ccccc2)CC1.CCC(C)C.CCCC.CCCCC.CCCCN1CCC(C)CC1.CCCCOC.CCCN1CCC(C)CC1.CCCN1CCC(C)CC1.CCCN1CCC[C@@H](C)C1.CCCOC. The summed E-state index contributed by atoms with van der Waals surface area (Å²) in [4.78, 5) is 18.0. The third kappa shape index (κ3) is 78.5. The highest BCUT2D eigenvalue weighted by Crippen LogP contribution is 2.30. The van der Waals surface area contributed by atoms with E-state index in [1.54, 1.807) is 14.2 Å². The highest BCUT2D eigenvalue weighted by molar-refractivity contribution is 5.14. The average molecular weight is 1460 g/mol. The fraction of sp³-hybridized carbons (Fsp3) is 0.915. The van der Waals surface area contributed by atoms with E-state index in [2.05, 4.69) is 210 Å². The number of likely N-dealkylation sites (tertiary alicyclic amines) is 7. The molecule has 1 aromatic carbocycles. The topological polar surface area (TPSA) is 41.1 Å². The molecule has 1 aliphatic carbocycles. The van der Waals surface area contributed by atoms with Crippen LogP contribution in [0.15, 0.2) is 42.5 Å². The van der Waals surface area contributed by atoms with Crippen LogP contribution in [-0.2, 0) is 16.0 Å². The fourth-order valence-electron chi connectivity index (χ4n) is 12.6. The molecule has 7 aliphatic heterocycles. The van der Waals surface area contributed by atoms with E-state index >= 15 is 0 Å². The molecule has 7 heterocycles. The predicted octanol–water partition coefficient (Wildman–Crippen LogP) is 25.8. The molecule has 9 rings (SSSR count). The second-order valence-corrected chi connectivity index (χ2v) is 33.0. The number of hydrogen-bond acceptors (Lipinski definition) is 9. The molecule has 9 heteroatoms. The van der Waals surface area contributed by atoms with E-state index in [1.807, 2.05) is 26.0 Å². The molecule has 9 nitrogen and oxygen atoms in total. The Morgan fingerprint density at radius 1 is 0.369 bits per heavy atom. The van der Waals surface area contributed by atoms with Crippen molar-refractivity contribution in [3.05, 3.63) is 48.0 Å². The molecule has 0 unspecified atom stereocenters. The van der Waals surface area contributed by atoms with Crippen LogP contribution < -0.4 is 0 Å². The second-order valence-electron chi connectivity index (χ2n) is 33.0. The van der Waals surface area contributed by atoms with Gasteiger partial charge in [-0.05, 0) is 326 Å². The highest BCUT2D eigenvalue weighted by Gasteiger charge is 2.30. The van der Waals surface area contributed by atoms with E-state index < -0.39 is 0 Å². The number of hydrogen-bond donors (Lipinski definition) is 0. The van der Waals surface area contributed by atoms with Gasteiger partial charge in [-0.2, -0.15) is 0 Å². The van der Waals surface area contributed by atoms with Crippen LogP contribution in [0.1, 0.15) is 358 Å². The Hall–Kier alpha value is -1.40. The number of methoxy groups -OCH3 is 2. The van der Waals surface area contributed by atoms with Gasteiger partial charge in [-0.1, -0.05) is 240 Å². The smallest absolute Gasteiger partial charge is 0.0462 e. The molecular formula is C94H197N7O2. The Morgan fingerprint density at radius 3 is 0.990 bits per heavy atom. The van der Waals surface area contributed by atoms with Gasteiger partial charge in [0, 0.05) is 46.6 Å². The summed E-state index contributed by atoms with van der Waals surface area (Å²) >= 11 is 0. The van der Waals surface area contributed by atoms with Gasteiger partial charge in [-0.15, -0.1) is 0 Å². The summed E-state index contributed by atoms with van der Waals surface area (Å²) in [5.74, 6) is 7.67. The molecule has 0 spiro atoms. The maximum atomic E-state index is 4.78. The Bertz CT molecular complexity index is 1640. The molecule has 1 aromatic rings. The number of ether oxygens (including phenoxy) is 2. The van der Waals surface area contributed by atoms with Gasteiger partial charge in [0.05, 0.1) is 0 Å². The van der Waals surface area contributed by atoms with Crippen LogP contribution in [0.5, 0.6) is 0 Å². The van der Waals surface area contributed by atoms with E-state index in [1.165, 1.54) is 310 Å². The number of unbranched alkanes of at least 4 members (excludes halogenated alkanes) is 5. The Kier molecular flexibility index (Phi) is 88.9. The van der Waals surface area contributed by atoms with Gasteiger partial charge in [0.15, 0.2) is 0 Å². The van der Waals surface area contributed by atoms with Crippen molar-refractivity contribution in [3.8, 4) is 0 Å². The van der Waals surface area contributed by atoms with E-state index in [-0.39, 0.29) is 7.43 Å². The lowest BCUT2D eigenvalue weighted by Crippen LogP contribution is -2.34. The van der Waals surface area contributed by atoms with Crippen molar-refractivity contribution in [1.29, 1.82) is 0 Å². The van der Waals surface area contributed by atoms with Crippen molar-refractivity contribution in [3.63, 3.8) is 0 Å². The van der Waals surface area contributed by atoms with Crippen LogP contribution in [0.4, 0.5) is 0 Å². The molecule has 620 valence electrons. The van der Waals surface area contributed by atoms with E-state index in [4.69, 9.17) is 9.47 Å². The van der Waals surface area contributed by atoms with Crippen molar-refractivity contribution < 1.29 is 9.47 Å². The molecule has 1 atom stereocenters. The largest absolute Gasteiger partial charge is 0.385 e. The minimum atomic E-state index is 0. The molecule has 7 saturated heterocycles. The van der Waals surface area contributed by atoms with Crippen LogP contribution in [-0.4, -0.2) is 193 Å². The summed E-state index contributed by atoms with van der Waals surface area (Å²) in [6.07, 6.45) is 45.0. The number of piperidine rings is 7. The first-order chi connectivity index (χ1) is 49.1. The molecular weight excluding hydrogens is 1260 g/mol. The van der Waals surface area contributed by atoms with E-state index in [0.29, 0.717) is 0 Å². The zero-order valence-corrected chi connectivity index (χ0v) is 74.7. The lowest BCUT2D eigenvalue weighted by atomic mass is 9.99.